The van der Waals surface area contributed by atoms with Crippen molar-refractivity contribution >= 4 is 17.8 Å². The van der Waals surface area contributed by atoms with Crippen molar-refractivity contribution in [3.05, 3.63) is 65.2 Å². The van der Waals surface area contributed by atoms with E-state index in [4.69, 9.17) is 14.2 Å². The fraction of sp³-hybridized carbons (Fsp3) is 0.200. The molecule has 0 saturated heterocycles. The molecule has 1 heterocycles. The van der Waals surface area contributed by atoms with Crippen LogP contribution in [0.2, 0.25) is 0 Å². The van der Waals surface area contributed by atoms with Crippen LogP contribution < -0.4 is 9.47 Å². The molecular formula is C20H17FO5. The first kappa shape index (κ1) is 17.7. The molecule has 26 heavy (non-hydrogen) atoms. The van der Waals surface area contributed by atoms with Crippen LogP contribution >= 0.6 is 0 Å². The van der Waals surface area contributed by atoms with Crippen LogP contribution in [0.25, 0.3) is 6.08 Å². The van der Waals surface area contributed by atoms with E-state index in [-0.39, 0.29) is 29.8 Å². The highest BCUT2D eigenvalue weighted by atomic mass is 19.1. The first-order valence-electron chi connectivity index (χ1n) is 8.09. The number of rotatable bonds is 5. The molecule has 0 aromatic heterocycles. The van der Waals surface area contributed by atoms with Crippen LogP contribution in [0.1, 0.15) is 29.8 Å². The van der Waals surface area contributed by atoms with Gasteiger partial charge in [0.05, 0.1) is 11.7 Å². The lowest BCUT2D eigenvalue weighted by Crippen LogP contribution is -2.18. The van der Waals surface area contributed by atoms with E-state index >= 15 is 0 Å². The molecule has 0 N–H and O–H groups in total. The predicted octanol–water partition coefficient (Wildman–Crippen LogP) is 3.77. The molecule has 0 fully saturated rings. The summed E-state index contributed by atoms with van der Waals surface area (Å²) in [6.45, 7) is 3.25. The Morgan fingerprint density at radius 3 is 2.73 bits per heavy atom. The Hall–Kier alpha value is -3.15. The average molecular weight is 356 g/mol. The van der Waals surface area contributed by atoms with Crippen LogP contribution in [0.5, 0.6) is 11.5 Å². The Kier molecular flexibility index (Phi) is 5.02. The van der Waals surface area contributed by atoms with Crippen LogP contribution in [-0.2, 0) is 9.53 Å². The number of hydrogen-bond acceptors (Lipinski definition) is 5. The fourth-order valence-electron chi connectivity index (χ4n) is 2.43. The molecule has 0 bridgehead atoms. The molecule has 1 aliphatic rings. The largest absolute Gasteiger partial charge is 0.482 e. The molecule has 2 aromatic rings. The van der Waals surface area contributed by atoms with Crippen molar-refractivity contribution in [2.75, 3.05) is 6.61 Å². The molecular weight excluding hydrogens is 339 g/mol. The molecule has 134 valence electrons. The van der Waals surface area contributed by atoms with E-state index in [0.717, 1.165) is 0 Å². The molecule has 0 spiro atoms. The number of carbonyl (C=O) groups is 2. The van der Waals surface area contributed by atoms with Gasteiger partial charge >= 0.3 is 5.97 Å². The van der Waals surface area contributed by atoms with Crippen LogP contribution in [0.15, 0.2) is 48.2 Å². The molecule has 0 radical (unpaired) electrons. The quantitative estimate of drug-likeness (QED) is 0.603. The van der Waals surface area contributed by atoms with Gasteiger partial charge in [0, 0.05) is 11.6 Å². The van der Waals surface area contributed by atoms with Gasteiger partial charge in [0.25, 0.3) is 0 Å². The maximum absolute atomic E-state index is 13.8. The van der Waals surface area contributed by atoms with E-state index < -0.39 is 11.8 Å². The number of esters is 1. The number of halogens is 1. The number of fused-ring (bicyclic) bond motifs is 1. The van der Waals surface area contributed by atoms with Gasteiger partial charge in [-0.05, 0) is 38.1 Å². The zero-order chi connectivity index (χ0) is 18.7. The van der Waals surface area contributed by atoms with Gasteiger partial charge in [-0.2, -0.15) is 0 Å². The third-order valence-corrected chi connectivity index (χ3v) is 3.56. The van der Waals surface area contributed by atoms with Crippen LogP contribution in [0.3, 0.4) is 0 Å². The number of ketones is 1. The molecule has 0 aliphatic carbocycles. The second kappa shape index (κ2) is 7.39. The van der Waals surface area contributed by atoms with Gasteiger partial charge in [0.1, 0.15) is 17.3 Å². The van der Waals surface area contributed by atoms with Crippen molar-refractivity contribution in [2.45, 2.75) is 20.0 Å². The van der Waals surface area contributed by atoms with E-state index in [1.807, 2.05) is 0 Å². The van der Waals surface area contributed by atoms with Gasteiger partial charge in [-0.15, -0.1) is 0 Å². The lowest BCUT2D eigenvalue weighted by molar-refractivity contribution is -0.149. The minimum absolute atomic E-state index is 0.0291. The van der Waals surface area contributed by atoms with Crippen molar-refractivity contribution in [3.8, 4) is 11.5 Å². The smallest absolute Gasteiger partial charge is 0.344 e. The Balaban J connectivity index is 1.74. The van der Waals surface area contributed by atoms with Crippen molar-refractivity contribution in [1.82, 2.24) is 0 Å². The Morgan fingerprint density at radius 2 is 2.00 bits per heavy atom. The van der Waals surface area contributed by atoms with Crippen molar-refractivity contribution in [1.29, 1.82) is 0 Å². The molecule has 1 aliphatic heterocycles. The third-order valence-electron chi connectivity index (χ3n) is 3.56. The van der Waals surface area contributed by atoms with Gasteiger partial charge in [0.15, 0.2) is 12.4 Å². The predicted molar refractivity (Wildman–Crippen MR) is 92.5 cm³/mol. The zero-order valence-corrected chi connectivity index (χ0v) is 14.3. The van der Waals surface area contributed by atoms with E-state index in [0.29, 0.717) is 17.1 Å². The van der Waals surface area contributed by atoms with Crippen LogP contribution in [0.4, 0.5) is 4.39 Å². The molecule has 0 unspecified atom stereocenters. The summed E-state index contributed by atoms with van der Waals surface area (Å²) in [4.78, 5) is 23.9. The topological polar surface area (TPSA) is 61.8 Å². The second-order valence-corrected chi connectivity index (χ2v) is 5.95. The highest BCUT2D eigenvalue weighted by Gasteiger charge is 2.28. The van der Waals surface area contributed by atoms with Gasteiger partial charge in [0.2, 0.25) is 5.78 Å². The SMILES string of the molecule is CC(C)OC(=O)COc1ccc2c(c1)OC(=Cc1ccccc1F)C2=O. The summed E-state index contributed by atoms with van der Waals surface area (Å²) >= 11 is 0. The summed E-state index contributed by atoms with van der Waals surface area (Å²) in [6, 6.07) is 10.7. The first-order chi connectivity index (χ1) is 12.4. The first-order valence-corrected chi connectivity index (χ1v) is 8.09. The summed E-state index contributed by atoms with van der Waals surface area (Å²) in [5.41, 5.74) is 0.612. The maximum atomic E-state index is 13.8. The highest BCUT2D eigenvalue weighted by molar-refractivity contribution is 6.14. The molecule has 0 saturated carbocycles. The van der Waals surface area contributed by atoms with Crippen molar-refractivity contribution in [3.63, 3.8) is 0 Å². The second-order valence-electron chi connectivity index (χ2n) is 5.95. The fourth-order valence-corrected chi connectivity index (χ4v) is 2.43. The summed E-state index contributed by atoms with van der Waals surface area (Å²) in [6.07, 6.45) is 1.14. The minimum atomic E-state index is -0.488. The Bertz CT molecular complexity index is 886. The highest BCUT2D eigenvalue weighted by Crippen LogP contribution is 2.35. The number of benzene rings is 2. The standard InChI is InChI=1S/C20H17FO5/c1-12(2)25-19(22)11-24-14-7-8-15-17(10-14)26-18(20(15)23)9-13-5-3-4-6-16(13)21/h3-10,12H,11H2,1-2H3. The minimum Gasteiger partial charge on any atom is -0.482 e. The summed E-state index contributed by atoms with van der Waals surface area (Å²) in [7, 11) is 0. The molecule has 0 atom stereocenters. The van der Waals surface area contributed by atoms with E-state index in [9.17, 15) is 14.0 Å². The zero-order valence-electron chi connectivity index (χ0n) is 14.3. The number of carbonyl (C=O) groups excluding carboxylic acids is 2. The van der Waals surface area contributed by atoms with Gasteiger partial charge < -0.3 is 14.2 Å². The average Bonchev–Trinajstić information content (AvgIpc) is 2.90. The maximum Gasteiger partial charge on any atom is 0.344 e. The van der Waals surface area contributed by atoms with E-state index in [2.05, 4.69) is 0 Å². The van der Waals surface area contributed by atoms with Gasteiger partial charge in [-0.1, -0.05) is 18.2 Å². The normalized spacial score (nSPS) is 14.3. The Morgan fingerprint density at radius 1 is 1.23 bits per heavy atom. The van der Waals surface area contributed by atoms with Crippen LogP contribution in [0, 0.1) is 5.82 Å². The molecule has 6 heteroatoms. The van der Waals surface area contributed by atoms with Crippen molar-refractivity contribution < 1.29 is 28.2 Å². The lowest BCUT2D eigenvalue weighted by Gasteiger charge is -2.09. The summed E-state index contributed by atoms with van der Waals surface area (Å²) in [5.74, 6) is -0.579. The monoisotopic (exact) mass is 356 g/mol. The van der Waals surface area contributed by atoms with E-state index in [1.54, 1.807) is 44.2 Å². The molecule has 2 aromatic carbocycles. The lowest BCUT2D eigenvalue weighted by atomic mass is 10.1. The summed E-state index contributed by atoms with van der Waals surface area (Å²) < 4.78 is 29.6. The van der Waals surface area contributed by atoms with Gasteiger partial charge in [-0.3, -0.25) is 4.79 Å². The third kappa shape index (κ3) is 3.91. The summed E-state index contributed by atoms with van der Waals surface area (Å²) in [5, 5.41) is 0. The Labute approximate surface area is 150 Å². The van der Waals surface area contributed by atoms with Gasteiger partial charge in [-0.25, -0.2) is 9.18 Å². The number of hydrogen-bond donors (Lipinski definition) is 0. The van der Waals surface area contributed by atoms with E-state index in [1.165, 1.54) is 18.2 Å². The van der Waals surface area contributed by atoms with Crippen LogP contribution in [-0.4, -0.2) is 24.5 Å². The number of ether oxygens (including phenoxy) is 3. The molecule has 5 nitrogen and oxygen atoms in total. The molecule has 0 amide bonds. The number of Topliss-reactive ketones (excluding diaryl/α,β-unsaturated/α-hetero) is 1. The number of allylic oxidation sites excluding steroid dienone is 1. The molecule has 3 rings (SSSR count). The van der Waals surface area contributed by atoms with Crippen molar-refractivity contribution in [2.24, 2.45) is 0 Å².